The van der Waals surface area contributed by atoms with Crippen molar-refractivity contribution in [3.05, 3.63) is 48.0 Å². The number of hydrogen-bond acceptors (Lipinski definition) is 7. The number of ether oxygens (including phenoxy) is 1. The molecule has 1 aromatic carbocycles. The number of benzene rings is 1. The van der Waals surface area contributed by atoms with E-state index in [4.69, 9.17) is 4.74 Å². The van der Waals surface area contributed by atoms with Crippen LogP contribution in [0.15, 0.2) is 42.5 Å². The minimum atomic E-state index is -1.33. The first kappa shape index (κ1) is 26.3. The molecule has 2 aliphatic heterocycles. The molecule has 1 saturated heterocycles. The lowest BCUT2D eigenvalue weighted by Gasteiger charge is -2.44. The number of rotatable bonds is 8. The van der Waals surface area contributed by atoms with E-state index >= 15 is 0 Å². The van der Waals surface area contributed by atoms with Gasteiger partial charge < -0.3 is 15.2 Å². The molecule has 0 aliphatic carbocycles. The number of hydrazine groups is 1. The molecule has 1 unspecified atom stereocenters. The number of carboxylic acid groups (broad SMARTS) is 1. The molecule has 2 aliphatic rings. The van der Waals surface area contributed by atoms with Gasteiger partial charge in [-0.25, -0.2) is 14.8 Å². The summed E-state index contributed by atoms with van der Waals surface area (Å²) in [5, 5.41) is 13.4. The van der Waals surface area contributed by atoms with Gasteiger partial charge >= 0.3 is 11.9 Å². The number of carbonyl (C=O) groups excluding carboxylic acids is 4. The zero-order chi connectivity index (χ0) is 25.8. The Kier molecular flexibility index (Phi) is 8.21. The van der Waals surface area contributed by atoms with Gasteiger partial charge in [-0.1, -0.05) is 42.5 Å². The fraction of sp³-hybridized carbons (Fsp3) is 0.458. The van der Waals surface area contributed by atoms with E-state index in [9.17, 15) is 29.1 Å². The van der Waals surface area contributed by atoms with E-state index in [1.165, 1.54) is 12.2 Å². The van der Waals surface area contributed by atoms with Gasteiger partial charge in [0.15, 0.2) is 6.04 Å². The molecule has 0 aromatic heterocycles. The number of carbonyl (C=O) groups is 5. The van der Waals surface area contributed by atoms with E-state index in [1.54, 1.807) is 20.8 Å². The fourth-order valence-electron chi connectivity index (χ4n) is 3.62. The number of nitrogens with one attached hydrogen (secondary N) is 1. The Bertz CT molecular complexity index is 1020. The molecule has 0 bridgehead atoms. The fourth-order valence-corrected chi connectivity index (χ4v) is 4.49. The number of amides is 3. The van der Waals surface area contributed by atoms with Crippen molar-refractivity contribution in [2.24, 2.45) is 5.41 Å². The van der Waals surface area contributed by atoms with Gasteiger partial charge in [0, 0.05) is 0 Å². The first-order valence-electron chi connectivity index (χ1n) is 11.1. The molecule has 2 N–H and O–H groups in total. The summed E-state index contributed by atoms with van der Waals surface area (Å²) in [6.07, 6.45) is 2.88. The van der Waals surface area contributed by atoms with E-state index in [-0.39, 0.29) is 18.9 Å². The van der Waals surface area contributed by atoms with Crippen LogP contribution in [-0.4, -0.2) is 74.6 Å². The molecule has 1 aromatic rings. The van der Waals surface area contributed by atoms with Crippen molar-refractivity contribution in [3.63, 3.8) is 0 Å². The number of thioether (sulfide) groups is 1. The summed E-state index contributed by atoms with van der Waals surface area (Å²) in [6, 6.07) is 6.70. The smallest absolute Gasteiger partial charge is 0.332 e. The third kappa shape index (κ3) is 6.41. The number of esters is 1. The normalized spacial score (nSPS) is 20.8. The zero-order valence-corrected chi connectivity index (χ0v) is 20.6. The largest absolute Gasteiger partial charge is 0.479 e. The van der Waals surface area contributed by atoms with Crippen molar-refractivity contribution >= 4 is 41.4 Å². The van der Waals surface area contributed by atoms with Crippen LogP contribution in [0.3, 0.4) is 0 Å². The van der Waals surface area contributed by atoms with Crippen LogP contribution in [-0.2, 0) is 35.1 Å². The Morgan fingerprint density at radius 3 is 2.51 bits per heavy atom. The van der Waals surface area contributed by atoms with Crippen LogP contribution in [0.1, 0.15) is 32.8 Å². The third-order valence-electron chi connectivity index (χ3n) is 5.51. The first-order chi connectivity index (χ1) is 16.5. The molecule has 0 spiro atoms. The molecule has 3 rings (SSSR count). The van der Waals surface area contributed by atoms with E-state index in [0.717, 1.165) is 27.3 Å². The van der Waals surface area contributed by atoms with Crippen molar-refractivity contribution in [1.82, 2.24) is 15.3 Å². The summed E-state index contributed by atoms with van der Waals surface area (Å²) in [7, 11) is 0. The Labute approximate surface area is 207 Å². The minimum absolute atomic E-state index is 0.0651. The van der Waals surface area contributed by atoms with E-state index in [0.29, 0.717) is 6.42 Å². The van der Waals surface area contributed by atoms with Crippen LogP contribution in [0, 0.1) is 5.41 Å². The summed E-state index contributed by atoms with van der Waals surface area (Å²) in [4.78, 5) is 62.7. The zero-order valence-electron chi connectivity index (χ0n) is 19.8. The van der Waals surface area contributed by atoms with Gasteiger partial charge in [0.2, 0.25) is 11.8 Å². The standard InChI is InChI=1S/C24H29N3O7S/c1-24(2,3)23(33)34-14-35-18(12-15-8-5-4-6-9-15)20(29)25-16-13-19(28)26-11-7-10-17(22(31)32)27(26)21(16)30/h4-10,16-18H,11-14H2,1-3H3,(H,25,29)(H,31,32)/t16?,17-,18+/m0/s1. The molecule has 11 heteroatoms. The van der Waals surface area contributed by atoms with Crippen LogP contribution >= 0.6 is 11.8 Å². The Morgan fingerprint density at radius 1 is 1.20 bits per heavy atom. The lowest BCUT2D eigenvalue weighted by atomic mass is 9.98. The highest BCUT2D eigenvalue weighted by Gasteiger charge is 2.46. The van der Waals surface area contributed by atoms with Crippen molar-refractivity contribution in [3.8, 4) is 0 Å². The second kappa shape index (κ2) is 10.9. The second-order valence-corrected chi connectivity index (χ2v) is 10.4. The molecule has 1 fully saturated rings. The average molecular weight is 504 g/mol. The van der Waals surface area contributed by atoms with Gasteiger partial charge in [-0.15, -0.1) is 11.8 Å². The maximum Gasteiger partial charge on any atom is 0.332 e. The Balaban J connectivity index is 1.73. The summed E-state index contributed by atoms with van der Waals surface area (Å²) in [6.45, 7) is 5.26. The Hall–Kier alpha value is -3.34. The van der Waals surface area contributed by atoms with Gasteiger partial charge in [0.1, 0.15) is 12.0 Å². The molecule has 2 heterocycles. The molecular formula is C24H29N3O7S. The molecule has 0 saturated carbocycles. The van der Waals surface area contributed by atoms with Crippen molar-refractivity contribution in [1.29, 1.82) is 0 Å². The highest BCUT2D eigenvalue weighted by Crippen LogP contribution is 2.24. The van der Waals surface area contributed by atoms with Gasteiger partial charge in [-0.3, -0.25) is 19.2 Å². The number of hydrogen-bond donors (Lipinski definition) is 2. The highest BCUT2D eigenvalue weighted by atomic mass is 32.2. The van der Waals surface area contributed by atoms with Crippen LogP contribution in [0.5, 0.6) is 0 Å². The number of fused-ring (bicyclic) bond motifs is 1. The lowest BCUT2D eigenvalue weighted by molar-refractivity contribution is -0.182. The molecule has 10 nitrogen and oxygen atoms in total. The van der Waals surface area contributed by atoms with Crippen molar-refractivity contribution in [2.75, 3.05) is 12.5 Å². The van der Waals surface area contributed by atoms with Gasteiger partial charge in [-0.05, 0) is 32.8 Å². The maximum absolute atomic E-state index is 13.2. The van der Waals surface area contributed by atoms with Gasteiger partial charge in [0.05, 0.1) is 23.6 Å². The van der Waals surface area contributed by atoms with Crippen molar-refractivity contribution in [2.45, 2.75) is 50.9 Å². The monoisotopic (exact) mass is 503 g/mol. The SMILES string of the molecule is CC(C)(C)C(=O)OCS[C@H](Cc1ccccc1)C(=O)NC1CC(=O)N2CC=C[C@@H](C(=O)O)N2C1=O. The van der Waals surface area contributed by atoms with E-state index in [1.807, 2.05) is 30.3 Å². The van der Waals surface area contributed by atoms with E-state index < -0.39 is 52.4 Å². The predicted octanol–water partition coefficient (Wildman–Crippen LogP) is 1.36. The molecule has 188 valence electrons. The first-order valence-corrected chi connectivity index (χ1v) is 12.2. The second-order valence-electron chi connectivity index (χ2n) is 9.28. The van der Waals surface area contributed by atoms with Crippen molar-refractivity contribution < 1.29 is 33.8 Å². The summed E-state index contributed by atoms with van der Waals surface area (Å²) < 4.78 is 5.30. The van der Waals surface area contributed by atoms with Crippen LogP contribution in [0.25, 0.3) is 0 Å². The molecule has 0 radical (unpaired) electrons. The van der Waals surface area contributed by atoms with Crippen LogP contribution in [0.2, 0.25) is 0 Å². The minimum Gasteiger partial charge on any atom is -0.479 e. The van der Waals surface area contributed by atoms with E-state index in [2.05, 4.69) is 5.32 Å². The van der Waals surface area contributed by atoms with Crippen LogP contribution < -0.4 is 5.32 Å². The molecular weight excluding hydrogens is 474 g/mol. The highest BCUT2D eigenvalue weighted by molar-refractivity contribution is 8.00. The van der Waals surface area contributed by atoms with Gasteiger partial charge in [-0.2, -0.15) is 0 Å². The van der Waals surface area contributed by atoms with Gasteiger partial charge in [0.25, 0.3) is 5.91 Å². The lowest BCUT2D eigenvalue weighted by Crippen LogP contribution is -2.67. The summed E-state index contributed by atoms with van der Waals surface area (Å²) in [5.74, 6) is -3.39. The molecule has 35 heavy (non-hydrogen) atoms. The average Bonchev–Trinajstić information content (AvgIpc) is 2.81. The number of nitrogens with zero attached hydrogens (tertiary/aromatic N) is 2. The summed E-state index contributed by atoms with van der Waals surface area (Å²) in [5.41, 5.74) is 0.175. The topological polar surface area (TPSA) is 133 Å². The molecule has 3 amide bonds. The number of aliphatic carboxylic acids is 1. The van der Waals surface area contributed by atoms with Crippen LogP contribution in [0.4, 0.5) is 0 Å². The predicted molar refractivity (Wildman–Crippen MR) is 128 cm³/mol. The quantitative estimate of drug-likeness (QED) is 0.309. The third-order valence-corrected chi connectivity index (χ3v) is 6.55. The maximum atomic E-state index is 13.2. The molecule has 3 atom stereocenters. The Morgan fingerprint density at radius 2 is 1.89 bits per heavy atom. The summed E-state index contributed by atoms with van der Waals surface area (Å²) >= 11 is 1.11. The number of carboxylic acids is 1.